The number of hydrogen-bond donors (Lipinski definition) is 1. The molecule has 24 heavy (non-hydrogen) atoms. The number of benzene rings is 2. The number of carbonyl (C=O) groups is 1. The highest BCUT2D eigenvalue weighted by molar-refractivity contribution is 6.01. The third kappa shape index (κ3) is 5.27. The zero-order chi connectivity index (χ0) is 17.2. The van der Waals surface area contributed by atoms with Crippen LogP contribution in [0.3, 0.4) is 0 Å². The van der Waals surface area contributed by atoms with E-state index in [0.717, 1.165) is 5.75 Å². The van der Waals surface area contributed by atoms with Crippen molar-refractivity contribution in [3.8, 4) is 17.6 Å². The second-order valence-electron chi connectivity index (χ2n) is 4.91. The molecule has 0 bridgehead atoms. The Labute approximate surface area is 141 Å². The number of nitriles is 1. The van der Waals surface area contributed by atoms with Gasteiger partial charge in [0, 0.05) is 13.7 Å². The Morgan fingerprint density at radius 1 is 1.17 bits per heavy atom. The lowest BCUT2D eigenvalue weighted by Gasteiger charge is -2.06. The minimum absolute atomic E-state index is 0.0305. The third-order valence-electron chi connectivity index (χ3n) is 3.10. The van der Waals surface area contributed by atoms with Crippen LogP contribution in [0.5, 0.6) is 11.5 Å². The number of nitrogens with one attached hydrogen (secondary N) is 1. The smallest absolute Gasteiger partial charge is 0.262 e. The van der Waals surface area contributed by atoms with Gasteiger partial charge in [-0.15, -0.1) is 0 Å². The first kappa shape index (κ1) is 17.3. The molecule has 0 spiro atoms. The third-order valence-corrected chi connectivity index (χ3v) is 3.10. The molecule has 1 amide bonds. The van der Waals surface area contributed by atoms with Gasteiger partial charge < -0.3 is 14.8 Å². The van der Waals surface area contributed by atoms with Crippen LogP contribution in [-0.4, -0.2) is 26.2 Å². The monoisotopic (exact) mass is 322 g/mol. The van der Waals surface area contributed by atoms with Gasteiger partial charge in [-0.2, -0.15) is 5.26 Å². The predicted molar refractivity (Wildman–Crippen MR) is 91.4 cm³/mol. The molecule has 2 aromatic carbocycles. The van der Waals surface area contributed by atoms with Gasteiger partial charge in [-0.3, -0.25) is 4.79 Å². The number of para-hydroxylation sites is 1. The van der Waals surface area contributed by atoms with Crippen LogP contribution in [-0.2, 0) is 9.53 Å². The Balaban J connectivity index is 2.11. The molecule has 0 saturated heterocycles. The Morgan fingerprint density at radius 3 is 2.62 bits per heavy atom. The van der Waals surface area contributed by atoms with Crippen LogP contribution < -0.4 is 10.1 Å². The lowest BCUT2D eigenvalue weighted by atomic mass is 10.1. The maximum atomic E-state index is 11.9. The quantitative estimate of drug-likeness (QED) is 0.483. The van der Waals surface area contributed by atoms with Gasteiger partial charge in [0.25, 0.3) is 5.91 Å². The highest BCUT2D eigenvalue weighted by Crippen LogP contribution is 2.22. The van der Waals surface area contributed by atoms with Crippen LogP contribution in [0.4, 0.5) is 0 Å². The highest BCUT2D eigenvalue weighted by atomic mass is 16.5. The molecule has 0 unspecified atom stereocenters. The molecule has 0 heterocycles. The number of rotatable bonds is 7. The molecule has 1 N–H and O–H groups in total. The van der Waals surface area contributed by atoms with Crippen molar-refractivity contribution in [3.63, 3.8) is 0 Å². The van der Waals surface area contributed by atoms with E-state index in [-0.39, 0.29) is 5.57 Å². The lowest BCUT2D eigenvalue weighted by molar-refractivity contribution is -0.117. The highest BCUT2D eigenvalue weighted by Gasteiger charge is 2.08. The fourth-order valence-corrected chi connectivity index (χ4v) is 1.97. The molecule has 0 aliphatic rings. The second kappa shape index (κ2) is 9.13. The van der Waals surface area contributed by atoms with Gasteiger partial charge >= 0.3 is 0 Å². The van der Waals surface area contributed by atoms with Crippen LogP contribution in [0, 0.1) is 11.3 Å². The summed E-state index contributed by atoms with van der Waals surface area (Å²) in [5, 5.41) is 11.8. The van der Waals surface area contributed by atoms with Crippen molar-refractivity contribution in [1.82, 2.24) is 5.32 Å². The number of ether oxygens (including phenoxy) is 2. The zero-order valence-corrected chi connectivity index (χ0v) is 13.4. The van der Waals surface area contributed by atoms with Gasteiger partial charge in [0.05, 0.1) is 6.61 Å². The van der Waals surface area contributed by atoms with E-state index in [4.69, 9.17) is 9.47 Å². The van der Waals surface area contributed by atoms with Gasteiger partial charge in [0.15, 0.2) is 0 Å². The first-order valence-corrected chi connectivity index (χ1v) is 7.45. The standard InChI is InChI=1S/C19H18N2O3/c1-23-11-10-21-19(22)16(14-20)12-15-6-5-9-18(13-15)24-17-7-3-2-4-8-17/h2-9,12-13H,10-11H2,1H3,(H,21,22)/b16-12+. The van der Waals surface area contributed by atoms with Crippen molar-refractivity contribution < 1.29 is 14.3 Å². The fourth-order valence-electron chi connectivity index (χ4n) is 1.97. The van der Waals surface area contributed by atoms with E-state index in [0.29, 0.717) is 24.5 Å². The van der Waals surface area contributed by atoms with Gasteiger partial charge in [-0.1, -0.05) is 30.3 Å². The Kier molecular flexibility index (Phi) is 6.57. The van der Waals surface area contributed by atoms with Gasteiger partial charge in [0.1, 0.15) is 23.1 Å². The lowest BCUT2D eigenvalue weighted by Crippen LogP contribution is -2.27. The number of amides is 1. The molecule has 0 fully saturated rings. The SMILES string of the molecule is COCCNC(=O)/C(C#N)=C/c1cccc(Oc2ccccc2)c1. The van der Waals surface area contributed by atoms with Crippen LogP contribution in [0.15, 0.2) is 60.2 Å². The number of carbonyl (C=O) groups excluding carboxylic acids is 1. The molecule has 0 aliphatic heterocycles. The van der Waals surface area contributed by atoms with E-state index in [2.05, 4.69) is 5.32 Å². The molecule has 0 aliphatic carbocycles. The molecular formula is C19H18N2O3. The molecule has 0 saturated carbocycles. The number of nitrogens with zero attached hydrogens (tertiary/aromatic N) is 1. The minimum Gasteiger partial charge on any atom is -0.457 e. The van der Waals surface area contributed by atoms with Crippen LogP contribution in [0.1, 0.15) is 5.56 Å². The molecule has 5 heteroatoms. The summed E-state index contributed by atoms with van der Waals surface area (Å²) in [5.41, 5.74) is 0.741. The van der Waals surface area contributed by atoms with E-state index in [1.165, 1.54) is 6.08 Å². The normalized spacial score (nSPS) is 10.8. The second-order valence-corrected chi connectivity index (χ2v) is 4.91. The molecular weight excluding hydrogens is 304 g/mol. The maximum absolute atomic E-state index is 11.9. The molecule has 2 aromatic rings. The first-order chi connectivity index (χ1) is 11.7. The van der Waals surface area contributed by atoms with Crippen molar-refractivity contribution in [2.24, 2.45) is 0 Å². The molecule has 0 atom stereocenters. The Morgan fingerprint density at radius 2 is 1.92 bits per heavy atom. The van der Waals surface area contributed by atoms with Gasteiger partial charge in [-0.25, -0.2) is 0 Å². The van der Waals surface area contributed by atoms with Crippen molar-refractivity contribution in [2.45, 2.75) is 0 Å². The number of hydrogen-bond acceptors (Lipinski definition) is 4. The first-order valence-electron chi connectivity index (χ1n) is 7.45. The van der Waals surface area contributed by atoms with Crippen molar-refractivity contribution in [2.75, 3.05) is 20.3 Å². The Hall–Kier alpha value is -3.10. The molecule has 122 valence electrons. The molecule has 0 aromatic heterocycles. The van der Waals surface area contributed by atoms with E-state index in [9.17, 15) is 10.1 Å². The van der Waals surface area contributed by atoms with Crippen molar-refractivity contribution in [3.05, 3.63) is 65.7 Å². The van der Waals surface area contributed by atoms with Gasteiger partial charge in [-0.05, 0) is 35.9 Å². The molecule has 5 nitrogen and oxygen atoms in total. The molecule has 0 radical (unpaired) electrons. The maximum Gasteiger partial charge on any atom is 0.262 e. The summed E-state index contributed by atoms with van der Waals surface area (Å²) in [4.78, 5) is 11.9. The van der Waals surface area contributed by atoms with Crippen molar-refractivity contribution >= 4 is 12.0 Å². The van der Waals surface area contributed by atoms with E-state index < -0.39 is 5.91 Å². The average molecular weight is 322 g/mol. The summed E-state index contributed by atoms with van der Waals surface area (Å²) in [7, 11) is 1.55. The zero-order valence-electron chi connectivity index (χ0n) is 13.4. The predicted octanol–water partition coefficient (Wildman–Crippen LogP) is 3.15. The van der Waals surface area contributed by atoms with Gasteiger partial charge in [0.2, 0.25) is 0 Å². The summed E-state index contributed by atoms with van der Waals surface area (Å²) in [6.45, 7) is 0.746. The van der Waals surface area contributed by atoms with Crippen LogP contribution in [0.2, 0.25) is 0 Å². The average Bonchev–Trinajstić information content (AvgIpc) is 2.61. The Bertz CT molecular complexity index is 749. The van der Waals surface area contributed by atoms with Crippen LogP contribution in [0.25, 0.3) is 6.08 Å². The summed E-state index contributed by atoms with van der Waals surface area (Å²) in [5.74, 6) is 0.924. The summed E-state index contributed by atoms with van der Waals surface area (Å²) >= 11 is 0. The summed E-state index contributed by atoms with van der Waals surface area (Å²) in [6.07, 6.45) is 1.53. The largest absolute Gasteiger partial charge is 0.457 e. The minimum atomic E-state index is -0.427. The summed E-state index contributed by atoms with van der Waals surface area (Å²) in [6, 6.07) is 18.5. The van der Waals surface area contributed by atoms with E-state index in [1.807, 2.05) is 48.5 Å². The van der Waals surface area contributed by atoms with E-state index >= 15 is 0 Å². The summed E-state index contributed by atoms with van der Waals surface area (Å²) < 4.78 is 10.6. The topological polar surface area (TPSA) is 71.3 Å². The fraction of sp³-hybridized carbons (Fsp3) is 0.158. The van der Waals surface area contributed by atoms with Crippen molar-refractivity contribution in [1.29, 1.82) is 5.26 Å². The van der Waals surface area contributed by atoms with Crippen LogP contribution >= 0.6 is 0 Å². The number of methoxy groups -OCH3 is 1. The van der Waals surface area contributed by atoms with E-state index in [1.54, 1.807) is 19.2 Å². The molecule has 2 rings (SSSR count).